The normalized spacial score (nSPS) is 13.6. The van der Waals surface area contributed by atoms with Crippen LogP contribution in [0.5, 0.6) is 5.75 Å². The van der Waals surface area contributed by atoms with Crippen molar-refractivity contribution in [3.05, 3.63) is 28.2 Å². The first-order valence-corrected chi connectivity index (χ1v) is 7.46. The molecule has 16 heavy (non-hydrogen) atoms. The average Bonchev–Trinajstić information content (AvgIpc) is 2.27. The Morgan fingerprint density at radius 2 is 2.06 bits per heavy atom. The molecule has 1 aromatic rings. The minimum atomic E-state index is -0.143. The number of rotatable bonds is 4. The summed E-state index contributed by atoms with van der Waals surface area (Å²) in [5.41, 5.74) is 0.981. The van der Waals surface area contributed by atoms with E-state index in [0.717, 1.165) is 15.8 Å². The topological polar surface area (TPSA) is 9.23 Å². The lowest BCUT2D eigenvalue weighted by molar-refractivity contribution is 0.396. The molecule has 0 heterocycles. The van der Waals surface area contributed by atoms with Gasteiger partial charge in [0.25, 0.3) is 0 Å². The third-order valence-corrected chi connectivity index (χ3v) is 5.21. The molecule has 0 bridgehead atoms. The van der Waals surface area contributed by atoms with Crippen LogP contribution >= 0.6 is 39.3 Å². The van der Waals surface area contributed by atoms with Gasteiger partial charge in [0.05, 0.1) is 11.8 Å². The summed E-state index contributed by atoms with van der Waals surface area (Å²) in [6, 6.07) is 6.01. The Kier molecular flexibility index (Phi) is 5.02. The number of alkyl halides is 1. The fraction of sp³-hybridized carbons (Fsp3) is 0.500. The van der Waals surface area contributed by atoms with Gasteiger partial charge in [-0.25, -0.2) is 0 Å². The van der Waals surface area contributed by atoms with Crippen LogP contribution in [0, 0.1) is 0 Å². The second-order valence-corrected chi connectivity index (χ2v) is 6.67. The lowest BCUT2D eigenvalue weighted by Gasteiger charge is -2.31. The molecule has 0 saturated carbocycles. The summed E-state index contributed by atoms with van der Waals surface area (Å²) in [5, 5.41) is 0. The molecule has 0 N–H and O–H groups in total. The predicted octanol–water partition coefficient (Wildman–Crippen LogP) is 4.66. The van der Waals surface area contributed by atoms with Crippen molar-refractivity contribution < 1.29 is 4.74 Å². The fourth-order valence-corrected chi connectivity index (χ4v) is 2.80. The number of benzene rings is 1. The molecule has 1 nitrogen and oxygen atoms in total. The van der Waals surface area contributed by atoms with Crippen molar-refractivity contribution in [2.45, 2.75) is 24.0 Å². The zero-order chi connectivity index (χ0) is 12.3. The van der Waals surface area contributed by atoms with Gasteiger partial charge in [0.1, 0.15) is 5.75 Å². The number of hydrogen-bond acceptors (Lipinski definition) is 2. The first-order valence-electron chi connectivity index (χ1n) is 4.94. The molecule has 0 aliphatic rings. The number of ether oxygens (including phenoxy) is 1. The molecule has 0 fully saturated rings. The van der Waals surface area contributed by atoms with Crippen molar-refractivity contribution in [3.63, 3.8) is 0 Å². The monoisotopic (exact) mass is 322 g/mol. The highest BCUT2D eigenvalue weighted by Crippen LogP contribution is 2.41. The number of halogens is 2. The van der Waals surface area contributed by atoms with Crippen molar-refractivity contribution in [1.82, 2.24) is 0 Å². The molecule has 4 heteroatoms. The molecule has 0 aliphatic carbocycles. The SMILES string of the molecule is COc1ccc(Br)cc1C(C)(C)C(Cl)SC. The van der Waals surface area contributed by atoms with E-state index < -0.39 is 0 Å². The Morgan fingerprint density at radius 3 is 2.56 bits per heavy atom. The highest BCUT2D eigenvalue weighted by molar-refractivity contribution is 9.10. The van der Waals surface area contributed by atoms with E-state index in [1.165, 1.54) is 0 Å². The van der Waals surface area contributed by atoms with E-state index in [2.05, 4.69) is 35.8 Å². The second-order valence-electron chi connectivity index (χ2n) is 4.12. The summed E-state index contributed by atoms with van der Waals surface area (Å²) in [5.74, 6) is 0.882. The summed E-state index contributed by atoms with van der Waals surface area (Å²) in [4.78, 5) is 0. The minimum absolute atomic E-state index is 0.00991. The zero-order valence-corrected chi connectivity index (χ0v) is 13.0. The maximum atomic E-state index is 6.36. The lowest BCUT2D eigenvalue weighted by atomic mass is 9.86. The van der Waals surface area contributed by atoms with Gasteiger partial charge in [0.2, 0.25) is 0 Å². The lowest BCUT2D eigenvalue weighted by Crippen LogP contribution is -2.27. The summed E-state index contributed by atoms with van der Waals surface area (Å²) in [6.45, 7) is 4.26. The Labute approximate surface area is 115 Å². The van der Waals surface area contributed by atoms with Crippen LogP contribution in [0.1, 0.15) is 19.4 Å². The van der Waals surface area contributed by atoms with Gasteiger partial charge in [-0.3, -0.25) is 0 Å². The summed E-state index contributed by atoms with van der Waals surface area (Å²) in [6.07, 6.45) is 2.02. The molecule has 0 amide bonds. The van der Waals surface area contributed by atoms with Crippen LogP contribution < -0.4 is 4.74 Å². The van der Waals surface area contributed by atoms with E-state index in [1.54, 1.807) is 18.9 Å². The Bertz CT molecular complexity index is 368. The third kappa shape index (κ3) is 2.88. The molecular weight excluding hydrogens is 308 g/mol. The largest absolute Gasteiger partial charge is 0.496 e. The highest BCUT2D eigenvalue weighted by Gasteiger charge is 2.32. The van der Waals surface area contributed by atoms with Crippen molar-refractivity contribution >= 4 is 39.3 Å². The Balaban J connectivity index is 3.24. The van der Waals surface area contributed by atoms with Crippen LogP contribution in [-0.2, 0) is 5.41 Å². The van der Waals surface area contributed by atoms with Crippen molar-refractivity contribution in [2.75, 3.05) is 13.4 Å². The quantitative estimate of drug-likeness (QED) is 0.745. The van der Waals surface area contributed by atoms with Gasteiger partial charge < -0.3 is 4.74 Å². The van der Waals surface area contributed by atoms with E-state index in [-0.39, 0.29) is 10.1 Å². The van der Waals surface area contributed by atoms with Gasteiger partial charge in [-0.1, -0.05) is 29.8 Å². The minimum Gasteiger partial charge on any atom is -0.496 e. The van der Waals surface area contributed by atoms with Crippen LogP contribution in [0.25, 0.3) is 0 Å². The zero-order valence-electron chi connectivity index (χ0n) is 9.88. The first kappa shape index (κ1) is 14.2. The van der Waals surface area contributed by atoms with Gasteiger partial charge in [0.15, 0.2) is 0 Å². The molecule has 0 spiro atoms. The van der Waals surface area contributed by atoms with Gasteiger partial charge in [-0.05, 0) is 24.5 Å². The predicted molar refractivity (Wildman–Crippen MR) is 76.9 cm³/mol. The molecule has 90 valence electrons. The molecule has 0 aliphatic heterocycles. The molecule has 1 atom stereocenters. The third-order valence-electron chi connectivity index (χ3n) is 2.63. The summed E-state index contributed by atoms with van der Waals surface area (Å²) < 4.78 is 6.45. The maximum Gasteiger partial charge on any atom is 0.122 e. The molecule has 1 unspecified atom stereocenters. The molecule has 0 aromatic heterocycles. The van der Waals surface area contributed by atoms with Gasteiger partial charge in [0, 0.05) is 15.5 Å². The summed E-state index contributed by atoms with van der Waals surface area (Å²) in [7, 11) is 1.69. The van der Waals surface area contributed by atoms with Gasteiger partial charge in [-0.15, -0.1) is 23.4 Å². The summed E-state index contributed by atoms with van der Waals surface area (Å²) >= 11 is 11.5. The Morgan fingerprint density at radius 1 is 1.44 bits per heavy atom. The smallest absolute Gasteiger partial charge is 0.122 e. The van der Waals surface area contributed by atoms with E-state index in [1.807, 2.05) is 18.4 Å². The molecule has 1 aromatic carbocycles. The first-order chi connectivity index (χ1) is 7.43. The van der Waals surface area contributed by atoms with E-state index in [9.17, 15) is 0 Å². The standard InChI is InChI=1S/C12H16BrClOS/c1-12(2,11(14)16-4)9-7-8(13)5-6-10(9)15-3/h5-7,11H,1-4H3. The van der Waals surface area contributed by atoms with Crippen LogP contribution in [0.3, 0.4) is 0 Å². The van der Waals surface area contributed by atoms with E-state index in [4.69, 9.17) is 16.3 Å². The molecule has 0 radical (unpaired) electrons. The average molecular weight is 324 g/mol. The van der Waals surface area contributed by atoms with Crippen molar-refractivity contribution in [3.8, 4) is 5.75 Å². The van der Waals surface area contributed by atoms with E-state index in [0.29, 0.717) is 0 Å². The van der Waals surface area contributed by atoms with Crippen molar-refractivity contribution in [2.24, 2.45) is 0 Å². The Hall–Kier alpha value is 0.140. The van der Waals surface area contributed by atoms with E-state index >= 15 is 0 Å². The number of methoxy groups -OCH3 is 1. The number of thioether (sulfide) groups is 1. The van der Waals surface area contributed by atoms with Gasteiger partial charge in [-0.2, -0.15) is 0 Å². The van der Waals surface area contributed by atoms with Gasteiger partial charge >= 0.3 is 0 Å². The van der Waals surface area contributed by atoms with Crippen LogP contribution in [0.4, 0.5) is 0 Å². The molecular formula is C12H16BrClOS. The van der Waals surface area contributed by atoms with Crippen LogP contribution in [0.2, 0.25) is 0 Å². The fourth-order valence-electron chi connectivity index (χ4n) is 1.60. The second kappa shape index (κ2) is 5.65. The van der Waals surface area contributed by atoms with Crippen LogP contribution in [-0.4, -0.2) is 18.1 Å². The maximum absolute atomic E-state index is 6.36. The molecule has 0 saturated heterocycles. The number of hydrogen-bond donors (Lipinski definition) is 0. The highest BCUT2D eigenvalue weighted by atomic mass is 79.9. The van der Waals surface area contributed by atoms with Crippen LogP contribution in [0.15, 0.2) is 22.7 Å². The molecule has 1 rings (SSSR count). The van der Waals surface area contributed by atoms with Crippen molar-refractivity contribution in [1.29, 1.82) is 0 Å².